The molecule has 0 radical (unpaired) electrons. The molecule has 1 rings (SSSR count). The number of ether oxygens (including phenoxy) is 2. The summed E-state index contributed by atoms with van der Waals surface area (Å²) in [6.07, 6.45) is 2.28. The fourth-order valence-corrected chi connectivity index (χ4v) is 1.88. The molecule has 1 aliphatic rings. The van der Waals surface area contributed by atoms with E-state index in [0.29, 0.717) is 6.61 Å². The van der Waals surface area contributed by atoms with Crippen molar-refractivity contribution in [2.45, 2.75) is 18.4 Å². The molecule has 1 unspecified atom stereocenters. The van der Waals surface area contributed by atoms with Crippen molar-refractivity contribution in [2.24, 2.45) is 0 Å². The summed E-state index contributed by atoms with van der Waals surface area (Å²) >= 11 is 3.43. The van der Waals surface area contributed by atoms with Crippen LogP contribution in [0.25, 0.3) is 0 Å². The van der Waals surface area contributed by atoms with E-state index in [1.807, 2.05) is 0 Å². The van der Waals surface area contributed by atoms with Gasteiger partial charge in [0.2, 0.25) is 0 Å². The smallest absolute Gasteiger partial charge is 0.101 e. The first kappa shape index (κ1) is 8.50. The third-order valence-corrected chi connectivity index (χ3v) is 2.86. The van der Waals surface area contributed by atoms with Crippen LogP contribution in [0.1, 0.15) is 12.8 Å². The average molecular weight is 209 g/mol. The topological polar surface area (TPSA) is 18.5 Å². The lowest BCUT2D eigenvalue weighted by Crippen LogP contribution is -2.35. The van der Waals surface area contributed by atoms with Gasteiger partial charge >= 0.3 is 0 Å². The van der Waals surface area contributed by atoms with Crippen LogP contribution in [-0.4, -0.2) is 31.3 Å². The fourth-order valence-electron chi connectivity index (χ4n) is 1.28. The molecule has 1 aliphatic heterocycles. The van der Waals surface area contributed by atoms with Gasteiger partial charge in [-0.25, -0.2) is 0 Å². The Kier molecular flexibility index (Phi) is 3.14. The van der Waals surface area contributed by atoms with Gasteiger partial charge in [0.1, 0.15) is 5.60 Å². The normalized spacial score (nSPS) is 33.0. The summed E-state index contributed by atoms with van der Waals surface area (Å²) in [5.41, 5.74) is -0.0191. The van der Waals surface area contributed by atoms with Crippen molar-refractivity contribution < 1.29 is 9.47 Å². The molecule has 0 amide bonds. The van der Waals surface area contributed by atoms with Crippen LogP contribution < -0.4 is 0 Å². The van der Waals surface area contributed by atoms with Crippen LogP contribution in [-0.2, 0) is 9.47 Å². The highest BCUT2D eigenvalue weighted by atomic mass is 79.9. The van der Waals surface area contributed by atoms with Crippen LogP contribution in [0.3, 0.4) is 0 Å². The molecule has 0 aromatic rings. The highest BCUT2D eigenvalue weighted by molar-refractivity contribution is 9.09. The maximum atomic E-state index is 5.56. The second-order valence-corrected chi connectivity index (χ2v) is 3.26. The lowest BCUT2D eigenvalue weighted by atomic mass is 10.0. The Bertz CT molecular complexity index is 99.8. The number of rotatable bonds is 3. The monoisotopic (exact) mass is 208 g/mol. The third-order valence-electron chi connectivity index (χ3n) is 1.84. The van der Waals surface area contributed by atoms with E-state index in [-0.39, 0.29) is 5.60 Å². The summed E-state index contributed by atoms with van der Waals surface area (Å²) in [6, 6.07) is 0. The van der Waals surface area contributed by atoms with Crippen LogP contribution in [0.15, 0.2) is 0 Å². The van der Waals surface area contributed by atoms with E-state index in [9.17, 15) is 0 Å². The Labute approximate surface area is 70.0 Å². The van der Waals surface area contributed by atoms with Gasteiger partial charge in [0.15, 0.2) is 0 Å². The zero-order valence-corrected chi connectivity index (χ0v) is 7.82. The third kappa shape index (κ3) is 1.71. The van der Waals surface area contributed by atoms with Crippen LogP contribution >= 0.6 is 15.9 Å². The molecule has 0 saturated carbocycles. The first-order valence-corrected chi connectivity index (χ1v) is 4.64. The van der Waals surface area contributed by atoms with E-state index in [0.717, 1.165) is 24.8 Å². The highest BCUT2D eigenvalue weighted by Gasteiger charge is 2.33. The Morgan fingerprint density at radius 3 is 2.90 bits per heavy atom. The summed E-state index contributed by atoms with van der Waals surface area (Å²) in [6.45, 7) is 1.59. The van der Waals surface area contributed by atoms with E-state index < -0.39 is 0 Å². The van der Waals surface area contributed by atoms with Crippen LogP contribution in [0.4, 0.5) is 0 Å². The minimum absolute atomic E-state index is 0.0191. The van der Waals surface area contributed by atoms with Crippen molar-refractivity contribution >= 4 is 15.9 Å². The van der Waals surface area contributed by atoms with E-state index in [1.165, 1.54) is 0 Å². The molecule has 1 atom stereocenters. The van der Waals surface area contributed by atoms with Gasteiger partial charge in [0.25, 0.3) is 0 Å². The SMILES string of the molecule is COCC1(CBr)CCCO1. The lowest BCUT2D eigenvalue weighted by Gasteiger charge is -2.24. The molecule has 1 saturated heterocycles. The Balaban J connectivity index is 2.41. The van der Waals surface area contributed by atoms with Gasteiger partial charge in [-0.05, 0) is 12.8 Å². The number of alkyl halides is 1. The van der Waals surface area contributed by atoms with Crippen molar-refractivity contribution in [3.8, 4) is 0 Å². The van der Waals surface area contributed by atoms with Crippen molar-refractivity contribution in [1.29, 1.82) is 0 Å². The average Bonchev–Trinajstić information content (AvgIpc) is 2.39. The van der Waals surface area contributed by atoms with Gasteiger partial charge < -0.3 is 9.47 Å². The van der Waals surface area contributed by atoms with E-state index in [1.54, 1.807) is 7.11 Å². The molecule has 60 valence electrons. The Morgan fingerprint density at radius 2 is 2.50 bits per heavy atom. The van der Waals surface area contributed by atoms with E-state index >= 15 is 0 Å². The van der Waals surface area contributed by atoms with Crippen LogP contribution in [0, 0.1) is 0 Å². The van der Waals surface area contributed by atoms with Crippen molar-refractivity contribution in [2.75, 3.05) is 25.7 Å². The molecular weight excluding hydrogens is 196 g/mol. The summed E-state index contributed by atoms with van der Waals surface area (Å²) < 4.78 is 10.6. The maximum absolute atomic E-state index is 5.56. The molecule has 10 heavy (non-hydrogen) atoms. The zero-order valence-electron chi connectivity index (χ0n) is 6.23. The molecule has 0 aromatic carbocycles. The summed E-state index contributed by atoms with van der Waals surface area (Å²) in [5.74, 6) is 0. The molecule has 0 aliphatic carbocycles. The summed E-state index contributed by atoms with van der Waals surface area (Å²) in [5, 5.41) is 0.883. The maximum Gasteiger partial charge on any atom is 0.101 e. The number of methoxy groups -OCH3 is 1. The van der Waals surface area contributed by atoms with Crippen LogP contribution in [0.2, 0.25) is 0 Å². The summed E-state index contributed by atoms with van der Waals surface area (Å²) in [7, 11) is 1.71. The minimum atomic E-state index is -0.0191. The standard InChI is InChI=1S/C7H13BrO2/c1-9-6-7(5-8)3-2-4-10-7/h2-6H2,1H3. The fraction of sp³-hybridized carbons (Fsp3) is 1.00. The second-order valence-electron chi connectivity index (χ2n) is 2.70. The molecule has 0 aromatic heterocycles. The van der Waals surface area contributed by atoms with E-state index in [4.69, 9.17) is 9.47 Å². The second kappa shape index (κ2) is 3.69. The molecule has 0 bridgehead atoms. The van der Waals surface area contributed by atoms with Gasteiger partial charge in [0.05, 0.1) is 6.61 Å². The van der Waals surface area contributed by atoms with Gasteiger partial charge in [-0.2, -0.15) is 0 Å². The molecular formula is C7H13BrO2. The Morgan fingerprint density at radius 1 is 1.70 bits per heavy atom. The van der Waals surface area contributed by atoms with Gasteiger partial charge in [-0.3, -0.25) is 0 Å². The van der Waals surface area contributed by atoms with Crippen LogP contribution in [0.5, 0.6) is 0 Å². The van der Waals surface area contributed by atoms with E-state index in [2.05, 4.69) is 15.9 Å². The molecule has 0 N–H and O–H groups in total. The lowest BCUT2D eigenvalue weighted by molar-refractivity contribution is -0.0334. The van der Waals surface area contributed by atoms with Gasteiger partial charge in [-0.15, -0.1) is 0 Å². The number of hydrogen-bond donors (Lipinski definition) is 0. The molecule has 3 heteroatoms. The first-order valence-electron chi connectivity index (χ1n) is 3.52. The van der Waals surface area contributed by atoms with Crippen molar-refractivity contribution in [3.63, 3.8) is 0 Å². The predicted octanol–water partition coefficient (Wildman–Crippen LogP) is 1.58. The largest absolute Gasteiger partial charge is 0.382 e. The zero-order chi connectivity index (χ0) is 7.45. The number of halogens is 1. The predicted molar refractivity (Wildman–Crippen MR) is 43.6 cm³/mol. The van der Waals surface area contributed by atoms with Gasteiger partial charge in [0, 0.05) is 19.0 Å². The first-order chi connectivity index (χ1) is 4.83. The quantitative estimate of drug-likeness (QED) is 0.657. The van der Waals surface area contributed by atoms with Crippen molar-refractivity contribution in [3.05, 3.63) is 0 Å². The molecule has 1 fully saturated rings. The van der Waals surface area contributed by atoms with Gasteiger partial charge in [-0.1, -0.05) is 15.9 Å². The minimum Gasteiger partial charge on any atom is -0.382 e. The molecule has 0 spiro atoms. The van der Waals surface area contributed by atoms with Crippen molar-refractivity contribution in [1.82, 2.24) is 0 Å². The molecule has 1 heterocycles. The molecule has 2 nitrogen and oxygen atoms in total. The highest BCUT2D eigenvalue weighted by Crippen LogP contribution is 2.27. The Hall–Kier alpha value is 0.400. The summed E-state index contributed by atoms with van der Waals surface area (Å²) in [4.78, 5) is 0. The number of hydrogen-bond acceptors (Lipinski definition) is 2.